The van der Waals surface area contributed by atoms with E-state index in [0.29, 0.717) is 23.7 Å². The standard InChI is InChI=1S/C63H72N2/c1-42(2)45-20-30-53(31-21-45)64(55-34-24-49(25-35-55)47-16-12-10-13-17-47)61-58-39-29-52(63(7,8)9)41-60(58)62(57-38-28-51(44(5)6)40-59(57)61)65(54-32-22-46(23-33-54)43(3)4)56-36-26-50(27-37-56)48-18-14-11-15-19-48/h20-43,47-48H,5,10-19H2,1-4,6-9H3. The lowest BCUT2D eigenvalue weighted by Gasteiger charge is -2.34. The second-order valence-electron chi connectivity index (χ2n) is 21.3. The fourth-order valence-corrected chi connectivity index (χ4v) is 10.9. The molecule has 0 radical (unpaired) electrons. The summed E-state index contributed by atoms with van der Waals surface area (Å²) in [5, 5.41) is 4.90. The molecule has 0 aromatic heterocycles. The highest BCUT2D eigenvalue weighted by molar-refractivity contribution is 6.23. The van der Waals surface area contributed by atoms with Crippen LogP contribution in [0.1, 0.15) is 177 Å². The highest BCUT2D eigenvalue weighted by atomic mass is 15.2. The van der Waals surface area contributed by atoms with Gasteiger partial charge >= 0.3 is 0 Å². The molecule has 2 aliphatic rings. The number of anilines is 6. The van der Waals surface area contributed by atoms with E-state index in [1.165, 1.54) is 142 Å². The van der Waals surface area contributed by atoms with Crippen molar-refractivity contribution in [2.24, 2.45) is 0 Å². The lowest BCUT2D eigenvalue weighted by molar-refractivity contribution is 0.443. The zero-order chi connectivity index (χ0) is 45.4. The first-order valence-corrected chi connectivity index (χ1v) is 25.1. The zero-order valence-corrected chi connectivity index (χ0v) is 40.7. The molecule has 7 aromatic rings. The Morgan fingerprint density at radius 1 is 0.462 bits per heavy atom. The minimum atomic E-state index is -0.0584. The molecule has 0 aliphatic heterocycles. The van der Waals surface area contributed by atoms with Crippen molar-refractivity contribution < 1.29 is 0 Å². The maximum Gasteiger partial charge on any atom is 0.0620 e. The summed E-state index contributed by atoms with van der Waals surface area (Å²) < 4.78 is 0. The first kappa shape index (κ1) is 44.6. The molecular weight excluding hydrogens is 785 g/mol. The molecule has 0 atom stereocenters. The first-order chi connectivity index (χ1) is 31.4. The third-order valence-electron chi connectivity index (χ3n) is 15.0. The molecule has 0 bridgehead atoms. The normalized spacial score (nSPS) is 15.3. The number of hydrogen-bond donors (Lipinski definition) is 0. The Labute approximate surface area is 391 Å². The van der Waals surface area contributed by atoms with Crippen molar-refractivity contribution in [3.05, 3.63) is 173 Å². The van der Waals surface area contributed by atoms with Gasteiger partial charge in [0, 0.05) is 44.3 Å². The quantitative estimate of drug-likeness (QED) is 0.0945. The summed E-state index contributed by atoms with van der Waals surface area (Å²) in [6.07, 6.45) is 13.2. The lowest BCUT2D eigenvalue weighted by Crippen LogP contribution is -2.16. The molecule has 0 N–H and O–H groups in total. The van der Waals surface area contributed by atoms with Crippen LogP contribution in [0.15, 0.2) is 140 Å². The van der Waals surface area contributed by atoms with Crippen molar-refractivity contribution in [1.82, 2.24) is 0 Å². The van der Waals surface area contributed by atoms with Crippen LogP contribution >= 0.6 is 0 Å². The third-order valence-corrected chi connectivity index (χ3v) is 15.0. The van der Waals surface area contributed by atoms with Crippen molar-refractivity contribution >= 4 is 61.2 Å². The second kappa shape index (κ2) is 18.7. The average Bonchev–Trinajstić information content (AvgIpc) is 3.33. The van der Waals surface area contributed by atoms with E-state index in [9.17, 15) is 0 Å². The fourth-order valence-electron chi connectivity index (χ4n) is 10.9. The molecule has 0 heterocycles. The van der Waals surface area contributed by atoms with E-state index in [-0.39, 0.29) is 5.41 Å². The van der Waals surface area contributed by atoms with Gasteiger partial charge in [-0.1, -0.05) is 172 Å². The van der Waals surface area contributed by atoms with Crippen LogP contribution in [0, 0.1) is 0 Å². The number of hydrogen-bond acceptors (Lipinski definition) is 2. The SMILES string of the molecule is C=C(C)c1ccc2c(N(c3ccc(C(C)C)cc3)c3ccc(C4CCCCC4)cc3)c3cc(C(C)(C)C)ccc3c(N(c3ccc(C(C)C)cc3)c3ccc(C4CCCCC4)cc3)c2c1. The van der Waals surface area contributed by atoms with Gasteiger partial charge in [-0.05, 0) is 156 Å². The van der Waals surface area contributed by atoms with Gasteiger partial charge in [-0.25, -0.2) is 0 Å². The molecule has 2 saturated carbocycles. The Hall–Kier alpha value is -5.60. The van der Waals surface area contributed by atoms with Gasteiger partial charge in [0.2, 0.25) is 0 Å². The van der Waals surface area contributed by atoms with Crippen molar-refractivity contribution in [2.75, 3.05) is 9.80 Å². The maximum absolute atomic E-state index is 4.50. The van der Waals surface area contributed by atoms with Crippen LogP contribution in [0.5, 0.6) is 0 Å². The number of allylic oxidation sites excluding steroid dienone is 1. The van der Waals surface area contributed by atoms with Crippen LogP contribution in [-0.2, 0) is 5.41 Å². The van der Waals surface area contributed by atoms with Crippen molar-refractivity contribution in [1.29, 1.82) is 0 Å². The van der Waals surface area contributed by atoms with E-state index in [2.05, 4.69) is 205 Å². The van der Waals surface area contributed by atoms with Crippen LogP contribution in [0.25, 0.3) is 27.1 Å². The summed E-state index contributed by atoms with van der Waals surface area (Å²) in [5.41, 5.74) is 16.2. The summed E-state index contributed by atoms with van der Waals surface area (Å²) in [6.45, 7) is 22.8. The van der Waals surface area contributed by atoms with Crippen molar-refractivity contribution in [3.63, 3.8) is 0 Å². The van der Waals surface area contributed by atoms with Gasteiger partial charge in [0.1, 0.15) is 0 Å². The molecule has 65 heavy (non-hydrogen) atoms. The predicted octanol–water partition coefficient (Wildman–Crippen LogP) is 19.6. The Morgan fingerprint density at radius 2 is 0.831 bits per heavy atom. The predicted molar refractivity (Wildman–Crippen MR) is 284 cm³/mol. The zero-order valence-electron chi connectivity index (χ0n) is 40.7. The van der Waals surface area contributed by atoms with Crippen LogP contribution in [0.4, 0.5) is 34.1 Å². The van der Waals surface area contributed by atoms with Crippen LogP contribution in [0.3, 0.4) is 0 Å². The molecule has 9 rings (SSSR count). The molecule has 2 aliphatic carbocycles. The number of fused-ring (bicyclic) bond motifs is 2. The largest absolute Gasteiger partial charge is 0.309 e. The van der Waals surface area contributed by atoms with Crippen LogP contribution in [0.2, 0.25) is 0 Å². The Morgan fingerprint density at radius 3 is 1.20 bits per heavy atom. The smallest absolute Gasteiger partial charge is 0.0620 e. The number of benzene rings is 7. The number of nitrogens with zero attached hydrogens (tertiary/aromatic N) is 2. The molecule has 2 nitrogen and oxygen atoms in total. The Balaban J connectivity index is 1.36. The summed E-state index contributed by atoms with van der Waals surface area (Å²) in [6, 6.07) is 52.5. The Kier molecular flexibility index (Phi) is 12.8. The molecule has 7 aromatic carbocycles. The second-order valence-corrected chi connectivity index (χ2v) is 21.3. The molecule has 0 saturated heterocycles. The molecule has 0 spiro atoms. The molecule has 0 unspecified atom stereocenters. The van der Waals surface area contributed by atoms with Gasteiger partial charge in [0.15, 0.2) is 0 Å². The van der Waals surface area contributed by atoms with E-state index in [1.807, 2.05) is 0 Å². The van der Waals surface area contributed by atoms with Gasteiger partial charge < -0.3 is 9.80 Å². The summed E-state index contributed by atoms with van der Waals surface area (Å²) >= 11 is 0. The lowest BCUT2D eigenvalue weighted by atomic mass is 9.83. The average molecular weight is 857 g/mol. The summed E-state index contributed by atoms with van der Waals surface area (Å²) in [5.74, 6) is 2.17. The first-order valence-electron chi connectivity index (χ1n) is 25.1. The fraction of sp³-hybridized carbons (Fsp3) is 0.365. The van der Waals surface area contributed by atoms with E-state index >= 15 is 0 Å². The molecule has 0 amide bonds. The van der Waals surface area contributed by atoms with E-state index in [4.69, 9.17) is 0 Å². The van der Waals surface area contributed by atoms with E-state index < -0.39 is 0 Å². The molecule has 2 fully saturated rings. The van der Waals surface area contributed by atoms with Gasteiger partial charge in [-0.2, -0.15) is 0 Å². The summed E-state index contributed by atoms with van der Waals surface area (Å²) in [4.78, 5) is 5.12. The van der Waals surface area contributed by atoms with Gasteiger partial charge in [-0.15, -0.1) is 0 Å². The maximum atomic E-state index is 4.50. The molecular formula is C63H72N2. The topological polar surface area (TPSA) is 6.48 Å². The third kappa shape index (κ3) is 9.16. The minimum Gasteiger partial charge on any atom is -0.309 e. The highest BCUT2D eigenvalue weighted by Crippen LogP contribution is 2.53. The summed E-state index contributed by atoms with van der Waals surface area (Å²) in [7, 11) is 0. The van der Waals surface area contributed by atoms with E-state index in [0.717, 1.165) is 16.8 Å². The van der Waals surface area contributed by atoms with Crippen LogP contribution < -0.4 is 9.80 Å². The Bertz CT molecular complexity index is 2750. The van der Waals surface area contributed by atoms with Crippen molar-refractivity contribution in [3.8, 4) is 0 Å². The van der Waals surface area contributed by atoms with Crippen LogP contribution in [-0.4, -0.2) is 0 Å². The monoisotopic (exact) mass is 857 g/mol. The minimum absolute atomic E-state index is 0.0584. The molecule has 2 heteroatoms. The van der Waals surface area contributed by atoms with E-state index in [1.54, 1.807) is 0 Å². The van der Waals surface area contributed by atoms with Gasteiger partial charge in [-0.3, -0.25) is 0 Å². The van der Waals surface area contributed by atoms with Gasteiger partial charge in [0.05, 0.1) is 11.4 Å². The van der Waals surface area contributed by atoms with Gasteiger partial charge in [0.25, 0.3) is 0 Å². The highest BCUT2D eigenvalue weighted by Gasteiger charge is 2.28. The number of rotatable bonds is 11. The van der Waals surface area contributed by atoms with Crippen molar-refractivity contribution in [2.45, 2.75) is 149 Å². The molecule has 334 valence electrons.